The minimum Gasteiger partial charge on any atom is -0.495 e. The highest BCUT2D eigenvalue weighted by Crippen LogP contribution is 2.42. The number of nitrogens with one attached hydrogen (secondary N) is 1. The fourth-order valence-electron chi connectivity index (χ4n) is 4.50. The van der Waals surface area contributed by atoms with Gasteiger partial charge in [-0.2, -0.15) is 26.6 Å². The first-order valence-corrected chi connectivity index (χ1v) is 13.1. The number of carboxylic acids is 1. The normalized spacial score (nSPS) is 18.3. The number of aromatic carboxylic acids is 1. The second kappa shape index (κ2) is 10.3. The predicted octanol–water partition coefficient (Wildman–Crippen LogP) is 6.30. The summed E-state index contributed by atoms with van der Waals surface area (Å²) in [5.41, 5.74) is -2.07. The van der Waals surface area contributed by atoms with Gasteiger partial charge in [0.05, 0.1) is 23.9 Å². The maximum atomic E-state index is 14.2. The van der Waals surface area contributed by atoms with Gasteiger partial charge in [0.15, 0.2) is 0 Å². The van der Waals surface area contributed by atoms with E-state index in [1.54, 1.807) is 6.07 Å². The molecule has 4 rings (SSSR count). The van der Waals surface area contributed by atoms with Crippen LogP contribution in [0.2, 0.25) is 0 Å². The summed E-state index contributed by atoms with van der Waals surface area (Å²) >= 11 is 0. The number of rotatable bonds is 7. The van der Waals surface area contributed by atoms with E-state index in [9.17, 15) is 30.8 Å². The number of ether oxygens (including phenoxy) is 1. The first-order chi connectivity index (χ1) is 17.8. The number of oxazole rings is 1. The van der Waals surface area contributed by atoms with Crippen LogP contribution in [0.3, 0.4) is 0 Å². The third-order valence-electron chi connectivity index (χ3n) is 6.59. The van der Waals surface area contributed by atoms with Crippen molar-refractivity contribution in [3.8, 4) is 17.2 Å². The summed E-state index contributed by atoms with van der Waals surface area (Å²) in [5.74, 6) is -3.18. The number of halogens is 4. The summed E-state index contributed by atoms with van der Waals surface area (Å²) < 4.78 is 93.9. The molecule has 1 aliphatic rings. The lowest BCUT2D eigenvalue weighted by Gasteiger charge is -2.27. The Morgan fingerprint density at radius 3 is 2.45 bits per heavy atom. The summed E-state index contributed by atoms with van der Waals surface area (Å²) in [4.78, 5) is 14.9. The van der Waals surface area contributed by atoms with Crippen LogP contribution < -0.4 is 9.46 Å². The average molecular weight is 557 g/mol. The number of alkyl halides is 3. The Labute approximate surface area is 215 Å². The third kappa shape index (κ3) is 5.62. The highest BCUT2D eigenvalue weighted by atomic mass is 32.2. The number of nitrogens with zero attached hydrogens (tertiary/aromatic N) is 1. The number of benzene rings is 2. The molecule has 0 bridgehead atoms. The van der Waals surface area contributed by atoms with E-state index < -0.39 is 61.3 Å². The number of hydrogen-bond acceptors (Lipinski definition) is 6. The number of anilines is 1. The van der Waals surface area contributed by atoms with Crippen LogP contribution >= 0.6 is 0 Å². The van der Waals surface area contributed by atoms with Gasteiger partial charge in [0, 0.05) is 11.6 Å². The zero-order valence-corrected chi connectivity index (χ0v) is 21.1. The van der Waals surface area contributed by atoms with Crippen molar-refractivity contribution in [2.45, 2.75) is 49.7 Å². The highest BCUT2D eigenvalue weighted by Gasteiger charge is 2.36. The minimum absolute atomic E-state index is 0.00561. The lowest BCUT2D eigenvalue weighted by atomic mass is 9.79. The van der Waals surface area contributed by atoms with Crippen molar-refractivity contribution >= 4 is 21.7 Å². The van der Waals surface area contributed by atoms with Crippen LogP contribution in [0.5, 0.6) is 5.75 Å². The summed E-state index contributed by atoms with van der Waals surface area (Å²) in [6.45, 7) is 2.11. The Morgan fingerprint density at radius 1 is 1.16 bits per heavy atom. The molecular formula is C25H24F4N2O6S. The molecule has 1 saturated carbocycles. The fraction of sp³-hybridized carbons (Fsp3) is 0.360. The van der Waals surface area contributed by atoms with Gasteiger partial charge in [-0.1, -0.05) is 25.8 Å². The second-order valence-corrected chi connectivity index (χ2v) is 10.8. The van der Waals surface area contributed by atoms with Gasteiger partial charge >= 0.3 is 12.1 Å². The van der Waals surface area contributed by atoms with E-state index in [-0.39, 0.29) is 11.7 Å². The van der Waals surface area contributed by atoms with Crippen LogP contribution in [0.25, 0.3) is 11.5 Å². The molecule has 204 valence electrons. The van der Waals surface area contributed by atoms with Gasteiger partial charge in [0.25, 0.3) is 10.0 Å². The van der Waals surface area contributed by atoms with Crippen LogP contribution in [0.1, 0.15) is 60.0 Å². The molecule has 1 heterocycles. The monoisotopic (exact) mass is 556 g/mol. The third-order valence-corrected chi connectivity index (χ3v) is 7.82. The topological polar surface area (TPSA) is 119 Å². The molecule has 0 saturated heterocycles. The van der Waals surface area contributed by atoms with Gasteiger partial charge < -0.3 is 14.3 Å². The van der Waals surface area contributed by atoms with E-state index in [2.05, 4.69) is 11.9 Å². The van der Waals surface area contributed by atoms with E-state index in [4.69, 9.17) is 14.3 Å². The van der Waals surface area contributed by atoms with Gasteiger partial charge in [0.2, 0.25) is 10.9 Å². The molecule has 0 aliphatic heterocycles. The minimum atomic E-state index is -4.75. The molecule has 3 aromatic rings. The number of carboxylic acid groups (broad SMARTS) is 1. The van der Waals surface area contributed by atoms with E-state index in [1.807, 2.05) is 4.72 Å². The summed E-state index contributed by atoms with van der Waals surface area (Å²) in [5, 5.41) is 8.27. The average Bonchev–Trinajstić information content (AvgIpc) is 3.35. The first-order valence-electron chi connectivity index (χ1n) is 11.6. The van der Waals surface area contributed by atoms with Gasteiger partial charge in [-0.3, -0.25) is 4.72 Å². The number of aromatic nitrogens is 1. The van der Waals surface area contributed by atoms with Crippen molar-refractivity contribution in [3.63, 3.8) is 0 Å². The van der Waals surface area contributed by atoms with Crippen LogP contribution in [-0.2, 0) is 16.2 Å². The molecule has 1 aromatic heterocycles. The zero-order chi connectivity index (χ0) is 27.8. The van der Waals surface area contributed by atoms with Crippen LogP contribution in [0.4, 0.5) is 23.2 Å². The molecule has 1 aliphatic carbocycles. The molecule has 0 amide bonds. The molecule has 2 N–H and O–H groups in total. The van der Waals surface area contributed by atoms with Crippen molar-refractivity contribution in [2.75, 3.05) is 11.8 Å². The molecule has 0 spiro atoms. The van der Waals surface area contributed by atoms with Crippen LogP contribution in [0.15, 0.2) is 46.0 Å². The smallest absolute Gasteiger partial charge is 0.417 e. The van der Waals surface area contributed by atoms with E-state index in [0.29, 0.717) is 23.8 Å². The molecule has 0 radical (unpaired) electrons. The Kier molecular flexibility index (Phi) is 7.42. The molecule has 0 unspecified atom stereocenters. The van der Waals surface area contributed by atoms with Crippen LogP contribution in [0, 0.1) is 11.7 Å². The standard InChI is InChI=1S/C25H24F4N2O6S/c1-13-3-5-14(6-4-13)15-7-8-16(18(9-15)25(27,28)29)23-30-22(12-37-23)38(34,35)31-20-11-19(26)17(24(32)33)10-21(20)36-2/h7-14,31H,3-6H2,1-2H3,(H,32,33)/t13-,14-. The quantitative estimate of drug-likeness (QED) is 0.328. The molecule has 1 fully saturated rings. The van der Waals surface area contributed by atoms with Crippen molar-refractivity contribution in [1.82, 2.24) is 4.98 Å². The van der Waals surface area contributed by atoms with Gasteiger partial charge in [-0.25, -0.2) is 9.18 Å². The first kappa shape index (κ1) is 27.4. The molecule has 0 atom stereocenters. The predicted molar refractivity (Wildman–Crippen MR) is 128 cm³/mol. The molecule has 13 heteroatoms. The lowest BCUT2D eigenvalue weighted by Crippen LogP contribution is -2.15. The molecular weight excluding hydrogens is 532 g/mol. The Balaban J connectivity index is 1.66. The molecule has 2 aromatic carbocycles. The largest absolute Gasteiger partial charge is 0.495 e. The number of carbonyl (C=O) groups is 1. The second-order valence-electron chi connectivity index (χ2n) is 9.19. The molecule has 38 heavy (non-hydrogen) atoms. The van der Waals surface area contributed by atoms with Crippen molar-refractivity contribution in [3.05, 3.63) is 59.1 Å². The number of hydrogen-bond donors (Lipinski definition) is 2. The SMILES string of the molecule is COc1cc(C(=O)O)c(F)cc1NS(=O)(=O)c1coc(-c2ccc([C@H]3CC[C@H](C)CC3)cc2C(F)(F)F)n1. The van der Waals surface area contributed by atoms with E-state index in [1.165, 1.54) is 6.07 Å². The Bertz CT molecular complexity index is 1460. The Hall–Kier alpha value is -3.61. The van der Waals surface area contributed by atoms with Crippen LogP contribution in [-0.4, -0.2) is 31.6 Å². The number of methoxy groups -OCH3 is 1. The fourth-order valence-corrected chi connectivity index (χ4v) is 5.43. The van der Waals surface area contributed by atoms with Gasteiger partial charge in [-0.15, -0.1) is 0 Å². The van der Waals surface area contributed by atoms with E-state index >= 15 is 0 Å². The lowest BCUT2D eigenvalue weighted by molar-refractivity contribution is -0.137. The maximum absolute atomic E-state index is 14.2. The van der Waals surface area contributed by atoms with Crippen molar-refractivity contribution < 1.29 is 45.0 Å². The molecule has 8 nitrogen and oxygen atoms in total. The maximum Gasteiger partial charge on any atom is 0.417 e. The summed E-state index contributed by atoms with van der Waals surface area (Å²) in [6, 6.07) is 5.24. The summed E-state index contributed by atoms with van der Waals surface area (Å²) in [7, 11) is -3.48. The van der Waals surface area contributed by atoms with Crippen molar-refractivity contribution in [1.29, 1.82) is 0 Å². The zero-order valence-electron chi connectivity index (χ0n) is 20.3. The number of sulfonamides is 1. The van der Waals surface area contributed by atoms with E-state index in [0.717, 1.165) is 44.9 Å². The highest BCUT2D eigenvalue weighted by molar-refractivity contribution is 7.92. The van der Waals surface area contributed by atoms with Gasteiger partial charge in [-0.05, 0) is 48.4 Å². The van der Waals surface area contributed by atoms with Crippen molar-refractivity contribution in [2.24, 2.45) is 5.92 Å². The Morgan fingerprint density at radius 2 is 1.84 bits per heavy atom. The van der Waals surface area contributed by atoms with Gasteiger partial charge in [0.1, 0.15) is 17.8 Å². The summed E-state index contributed by atoms with van der Waals surface area (Å²) in [6.07, 6.45) is -0.686.